The average Bonchev–Trinajstić information content (AvgIpc) is 2.51. The number of nitrogen functional groups attached to an aromatic ring is 1. The quantitative estimate of drug-likeness (QED) is 0.770. The highest BCUT2D eigenvalue weighted by Crippen LogP contribution is 2.44. The van der Waals surface area contributed by atoms with Gasteiger partial charge in [0.15, 0.2) is 0 Å². The van der Waals surface area contributed by atoms with Gasteiger partial charge in [-0.25, -0.2) is 0 Å². The maximum Gasteiger partial charge on any atom is 0.255 e. The number of hydrogen-bond acceptors (Lipinski definition) is 2. The Balaban J connectivity index is 1.69. The van der Waals surface area contributed by atoms with E-state index in [0.717, 1.165) is 17.6 Å². The largest absolute Gasteiger partial charge is 0.398 e. The monoisotopic (exact) mass is 350 g/mol. The molecule has 2 aliphatic rings. The molecule has 3 rings (SSSR count). The third-order valence-electron chi connectivity index (χ3n) is 5.28. The lowest BCUT2D eigenvalue weighted by molar-refractivity contribution is 0.0471. The van der Waals surface area contributed by atoms with Crippen LogP contribution in [-0.2, 0) is 0 Å². The Morgan fingerprint density at radius 3 is 2.43 bits per heavy atom. The van der Waals surface area contributed by atoms with Gasteiger partial charge in [0, 0.05) is 18.8 Å². The van der Waals surface area contributed by atoms with E-state index in [1.807, 2.05) is 23.1 Å². The predicted octanol–water partition coefficient (Wildman–Crippen LogP) is 4.22. The molecule has 2 N–H and O–H groups in total. The van der Waals surface area contributed by atoms with Crippen molar-refractivity contribution < 1.29 is 4.79 Å². The van der Waals surface area contributed by atoms with E-state index in [0.29, 0.717) is 16.7 Å². The van der Waals surface area contributed by atoms with E-state index in [1.54, 1.807) is 0 Å². The molecule has 21 heavy (non-hydrogen) atoms. The molecule has 1 saturated carbocycles. The SMILES string of the molecule is Nc1cccc(C(=O)N2CCC3(CCCCC3)CC2)c1Br. The van der Waals surface area contributed by atoms with Gasteiger partial charge in [-0.3, -0.25) is 4.79 Å². The van der Waals surface area contributed by atoms with Crippen molar-refractivity contribution in [2.75, 3.05) is 18.8 Å². The number of nitrogens with zero attached hydrogens (tertiary/aromatic N) is 1. The van der Waals surface area contributed by atoms with Crippen LogP contribution in [0.25, 0.3) is 0 Å². The number of halogens is 1. The zero-order valence-corrected chi connectivity index (χ0v) is 14.0. The first-order chi connectivity index (χ1) is 10.1. The van der Waals surface area contributed by atoms with E-state index < -0.39 is 0 Å². The van der Waals surface area contributed by atoms with Gasteiger partial charge in [-0.1, -0.05) is 25.3 Å². The Kier molecular flexibility index (Phi) is 4.25. The Bertz CT molecular complexity index is 528. The van der Waals surface area contributed by atoms with Crippen LogP contribution in [0.1, 0.15) is 55.3 Å². The summed E-state index contributed by atoms with van der Waals surface area (Å²) in [6.45, 7) is 1.78. The summed E-state index contributed by atoms with van der Waals surface area (Å²) < 4.78 is 0.730. The topological polar surface area (TPSA) is 46.3 Å². The highest BCUT2D eigenvalue weighted by Gasteiger charge is 2.37. The van der Waals surface area contributed by atoms with E-state index in [-0.39, 0.29) is 5.91 Å². The second-order valence-electron chi connectivity index (χ2n) is 6.56. The van der Waals surface area contributed by atoms with Crippen LogP contribution in [0.5, 0.6) is 0 Å². The zero-order valence-electron chi connectivity index (χ0n) is 12.4. The van der Waals surface area contributed by atoms with Gasteiger partial charge in [-0.2, -0.15) is 0 Å². The summed E-state index contributed by atoms with van der Waals surface area (Å²) in [6, 6.07) is 5.52. The Hall–Kier alpha value is -1.03. The second kappa shape index (κ2) is 5.99. The molecule has 2 fully saturated rings. The molecule has 0 radical (unpaired) electrons. The van der Waals surface area contributed by atoms with Gasteiger partial charge >= 0.3 is 0 Å². The fourth-order valence-corrected chi connectivity index (χ4v) is 4.31. The van der Waals surface area contributed by atoms with Crippen LogP contribution in [-0.4, -0.2) is 23.9 Å². The minimum atomic E-state index is 0.111. The third kappa shape index (κ3) is 2.96. The highest BCUT2D eigenvalue weighted by atomic mass is 79.9. The molecule has 1 aromatic carbocycles. The maximum absolute atomic E-state index is 12.7. The minimum Gasteiger partial charge on any atom is -0.398 e. The molecule has 1 heterocycles. The van der Waals surface area contributed by atoms with Crippen molar-refractivity contribution in [2.45, 2.75) is 44.9 Å². The fraction of sp³-hybridized carbons (Fsp3) is 0.588. The number of carbonyl (C=O) groups excluding carboxylic acids is 1. The van der Waals surface area contributed by atoms with Crippen molar-refractivity contribution in [2.24, 2.45) is 5.41 Å². The van der Waals surface area contributed by atoms with Crippen LogP contribution in [0.15, 0.2) is 22.7 Å². The molecule has 0 bridgehead atoms. The summed E-state index contributed by atoms with van der Waals surface area (Å²) in [5, 5.41) is 0. The molecular formula is C17H23BrN2O. The summed E-state index contributed by atoms with van der Waals surface area (Å²) in [4.78, 5) is 14.7. The van der Waals surface area contributed by atoms with Crippen LogP contribution in [0.3, 0.4) is 0 Å². The van der Waals surface area contributed by atoms with E-state index in [1.165, 1.54) is 44.9 Å². The molecule has 3 nitrogen and oxygen atoms in total. The van der Waals surface area contributed by atoms with Crippen molar-refractivity contribution in [3.8, 4) is 0 Å². The normalized spacial score (nSPS) is 21.5. The lowest BCUT2D eigenvalue weighted by Crippen LogP contribution is -2.44. The van der Waals surface area contributed by atoms with E-state index in [9.17, 15) is 4.79 Å². The van der Waals surface area contributed by atoms with E-state index in [4.69, 9.17) is 5.73 Å². The first kappa shape index (κ1) is 14.9. The Labute approximate surface area is 135 Å². The summed E-state index contributed by atoms with van der Waals surface area (Å²) >= 11 is 3.45. The van der Waals surface area contributed by atoms with E-state index >= 15 is 0 Å². The third-order valence-corrected chi connectivity index (χ3v) is 6.17. The van der Waals surface area contributed by atoms with Crippen molar-refractivity contribution in [3.63, 3.8) is 0 Å². The van der Waals surface area contributed by atoms with Crippen molar-refractivity contribution in [3.05, 3.63) is 28.2 Å². The number of nitrogens with two attached hydrogens (primary N) is 1. The molecule has 1 saturated heterocycles. The number of anilines is 1. The lowest BCUT2D eigenvalue weighted by Gasteiger charge is -2.44. The van der Waals surface area contributed by atoms with Gasteiger partial charge in [0.2, 0.25) is 0 Å². The fourth-order valence-electron chi connectivity index (χ4n) is 3.87. The second-order valence-corrected chi connectivity index (χ2v) is 7.35. The van der Waals surface area contributed by atoms with Gasteiger partial charge in [-0.05, 0) is 59.2 Å². The lowest BCUT2D eigenvalue weighted by atomic mass is 9.68. The molecule has 1 spiro atoms. The Morgan fingerprint density at radius 2 is 1.76 bits per heavy atom. The molecule has 0 aromatic heterocycles. The first-order valence-corrected chi connectivity index (χ1v) is 8.74. The van der Waals surface area contributed by atoms with Gasteiger partial charge in [-0.15, -0.1) is 0 Å². The number of benzene rings is 1. The number of likely N-dealkylation sites (tertiary alicyclic amines) is 1. The minimum absolute atomic E-state index is 0.111. The van der Waals surface area contributed by atoms with Crippen LogP contribution >= 0.6 is 15.9 Å². The van der Waals surface area contributed by atoms with Gasteiger partial charge in [0.05, 0.1) is 10.0 Å². The number of rotatable bonds is 1. The summed E-state index contributed by atoms with van der Waals surface area (Å²) in [5.74, 6) is 0.111. The van der Waals surface area contributed by atoms with Crippen molar-refractivity contribution >= 4 is 27.5 Å². The summed E-state index contributed by atoms with van der Waals surface area (Å²) in [7, 11) is 0. The van der Waals surface area contributed by atoms with Gasteiger partial charge in [0.25, 0.3) is 5.91 Å². The average molecular weight is 351 g/mol. The molecule has 1 aliphatic heterocycles. The molecule has 1 aromatic rings. The smallest absolute Gasteiger partial charge is 0.255 e. The van der Waals surface area contributed by atoms with Crippen molar-refractivity contribution in [1.29, 1.82) is 0 Å². The molecule has 114 valence electrons. The number of piperidine rings is 1. The highest BCUT2D eigenvalue weighted by molar-refractivity contribution is 9.10. The standard InChI is InChI=1S/C17H23BrN2O/c18-15-13(5-4-6-14(15)19)16(21)20-11-9-17(10-12-20)7-2-1-3-8-17/h4-6H,1-3,7-12,19H2. The molecular weight excluding hydrogens is 328 g/mol. The molecule has 1 aliphatic carbocycles. The Morgan fingerprint density at radius 1 is 1.10 bits per heavy atom. The number of hydrogen-bond donors (Lipinski definition) is 1. The first-order valence-electron chi connectivity index (χ1n) is 7.95. The predicted molar refractivity (Wildman–Crippen MR) is 89.2 cm³/mol. The van der Waals surface area contributed by atoms with Crippen LogP contribution in [0, 0.1) is 5.41 Å². The summed E-state index contributed by atoms with van der Waals surface area (Å²) in [5.41, 5.74) is 7.73. The molecule has 1 amide bonds. The van der Waals surface area contributed by atoms with Crippen LogP contribution in [0.4, 0.5) is 5.69 Å². The summed E-state index contributed by atoms with van der Waals surface area (Å²) in [6.07, 6.45) is 9.18. The van der Waals surface area contributed by atoms with Crippen molar-refractivity contribution in [1.82, 2.24) is 4.90 Å². The number of carbonyl (C=O) groups is 1. The van der Waals surface area contributed by atoms with Crippen LogP contribution < -0.4 is 5.73 Å². The van der Waals surface area contributed by atoms with Gasteiger partial charge in [0.1, 0.15) is 0 Å². The van der Waals surface area contributed by atoms with Gasteiger partial charge < -0.3 is 10.6 Å². The van der Waals surface area contributed by atoms with Crippen LogP contribution in [0.2, 0.25) is 0 Å². The zero-order chi connectivity index (χ0) is 14.9. The molecule has 0 atom stereocenters. The van der Waals surface area contributed by atoms with E-state index in [2.05, 4.69) is 15.9 Å². The maximum atomic E-state index is 12.7. The molecule has 4 heteroatoms. The number of amides is 1. The molecule has 0 unspecified atom stereocenters.